The van der Waals surface area contributed by atoms with Crippen LogP contribution in [0.1, 0.15) is 99.3 Å². The Balaban J connectivity index is 1.50. The molecule has 4 aliphatic rings. The molecule has 4 aliphatic carbocycles. The lowest BCUT2D eigenvalue weighted by molar-refractivity contribution is -0.128. The third-order valence-electron chi connectivity index (χ3n) is 11.1. The highest BCUT2D eigenvalue weighted by Gasteiger charge is 2.60. The molecule has 1 N–H and O–H groups in total. The Bertz CT molecular complexity index is 607. The van der Waals surface area contributed by atoms with Crippen molar-refractivity contribution in [3.8, 4) is 0 Å². The van der Waals surface area contributed by atoms with Gasteiger partial charge in [0.15, 0.2) is 0 Å². The Labute approximate surface area is 181 Å². The molecule has 0 aromatic rings. The van der Waals surface area contributed by atoms with Gasteiger partial charge < -0.3 is 5.11 Å². The van der Waals surface area contributed by atoms with Crippen molar-refractivity contribution in [3.05, 3.63) is 12.2 Å². The largest absolute Gasteiger partial charge is 0.393 e. The molecule has 0 aromatic carbocycles. The summed E-state index contributed by atoms with van der Waals surface area (Å²) in [6.45, 7) is 14.9. The Morgan fingerprint density at radius 1 is 0.793 bits per heavy atom. The van der Waals surface area contributed by atoms with Crippen molar-refractivity contribution in [1.82, 2.24) is 0 Å². The van der Waals surface area contributed by atoms with E-state index < -0.39 is 0 Å². The fourth-order valence-corrected chi connectivity index (χ4v) is 8.85. The molecule has 0 heterocycles. The second-order valence-corrected chi connectivity index (χ2v) is 12.7. The fourth-order valence-electron chi connectivity index (χ4n) is 8.85. The summed E-state index contributed by atoms with van der Waals surface area (Å²) in [5.41, 5.74) is 1.07. The standard InChI is InChI=1S/C28H48O/c1-18(2)19(3)7-8-20(4)24-11-12-25-23-10-9-21-17-22(29)13-15-27(21,5)26(23)14-16-28(24,25)6/h7-8,18-26,29H,9-17H2,1-6H3/b8-7+/t19-,20-,21-,22+,23+,24-,25+,26+,27+,28-/m1/s1. The lowest BCUT2D eigenvalue weighted by Crippen LogP contribution is -2.54. The minimum absolute atomic E-state index is 0.0183. The molecular weight excluding hydrogens is 352 g/mol. The monoisotopic (exact) mass is 400 g/mol. The van der Waals surface area contributed by atoms with Gasteiger partial charge in [-0.3, -0.25) is 0 Å². The van der Waals surface area contributed by atoms with Crippen LogP contribution in [-0.2, 0) is 0 Å². The highest BCUT2D eigenvalue weighted by Crippen LogP contribution is 2.68. The molecule has 1 heteroatoms. The first-order chi connectivity index (χ1) is 13.7. The molecule has 4 saturated carbocycles. The Kier molecular flexibility index (Phi) is 6.04. The number of rotatable bonds is 4. The molecule has 166 valence electrons. The van der Waals surface area contributed by atoms with E-state index in [0.29, 0.717) is 16.7 Å². The summed E-state index contributed by atoms with van der Waals surface area (Å²) in [5, 5.41) is 10.3. The summed E-state index contributed by atoms with van der Waals surface area (Å²) in [6, 6.07) is 0. The summed E-state index contributed by atoms with van der Waals surface area (Å²) in [4.78, 5) is 0. The lowest BCUT2D eigenvalue weighted by atomic mass is 9.44. The summed E-state index contributed by atoms with van der Waals surface area (Å²) >= 11 is 0. The zero-order valence-corrected chi connectivity index (χ0v) is 20.2. The van der Waals surface area contributed by atoms with Gasteiger partial charge in [-0.05, 0) is 116 Å². The van der Waals surface area contributed by atoms with Gasteiger partial charge in [0.1, 0.15) is 0 Å². The molecule has 0 spiro atoms. The number of fused-ring (bicyclic) bond motifs is 5. The number of aliphatic hydroxyl groups excluding tert-OH is 1. The summed E-state index contributed by atoms with van der Waals surface area (Å²) < 4.78 is 0. The zero-order valence-electron chi connectivity index (χ0n) is 20.2. The van der Waals surface area contributed by atoms with E-state index in [0.717, 1.165) is 54.3 Å². The van der Waals surface area contributed by atoms with Crippen LogP contribution in [0, 0.1) is 58.2 Å². The second kappa shape index (κ2) is 7.99. The van der Waals surface area contributed by atoms with Crippen LogP contribution < -0.4 is 0 Å². The van der Waals surface area contributed by atoms with E-state index in [1.807, 2.05) is 0 Å². The molecular formula is C28H48O. The van der Waals surface area contributed by atoms with E-state index in [1.165, 1.54) is 44.9 Å². The van der Waals surface area contributed by atoms with Crippen LogP contribution in [0.15, 0.2) is 12.2 Å². The molecule has 4 rings (SSSR count). The molecule has 4 fully saturated rings. The summed E-state index contributed by atoms with van der Waals surface area (Å²) in [5.74, 6) is 6.66. The van der Waals surface area contributed by atoms with E-state index in [4.69, 9.17) is 0 Å². The van der Waals surface area contributed by atoms with Crippen molar-refractivity contribution in [2.75, 3.05) is 0 Å². The van der Waals surface area contributed by atoms with Crippen molar-refractivity contribution in [2.24, 2.45) is 58.2 Å². The van der Waals surface area contributed by atoms with Crippen LogP contribution >= 0.6 is 0 Å². The first-order valence-electron chi connectivity index (χ1n) is 13.0. The highest BCUT2D eigenvalue weighted by molar-refractivity contribution is 5.11. The first-order valence-corrected chi connectivity index (χ1v) is 13.0. The van der Waals surface area contributed by atoms with Crippen LogP contribution in [0.25, 0.3) is 0 Å². The van der Waals surface area contributed by atoms with Crippen molar-refractivity contribution in [2.45, 2.75) is 105 Å². The van der Waals surface area contributed by atoms with Crippen LogP contribution in [0.2, 0.25) is 0 Å². The van der Waals surface area contributed by atoms with Crippen LogP contribution in [0.5, 0.6) is 0 Å². The van der Waals surface area contributed by atoms with Gasteiger partial charge in [-0.2, -0.15) is 0 Å². The average Bonchev–Trinajstić information content (AvgIpc) is 3.03. The quantitative estimate of drug-likeness (QED) is 0.485. The highest BCUT2D eigenvalue weighted by atomic mass is 16.3. The van der Waals surface area contributed by atoms with Gasteiger partial charge in [0.2, 0.25) is 0 Å². The lowest BCUT2D eigenvalue weighted by Gasteiger charge is -2.61. The SMILES string of the molecule is CC(C)[C@H](C)/C=C/[C@@H](C)[C@H]1CC[C@H]2[C@@H]3CC[C@@H]4C[C@@H](O)CC[C@]4(C)[C@H]3CC[C@]12C. The van der Waals surface area contributed by atoms with E-state index >= 15 is 0 Å². The number of aliphatic hydroxyl groups is 1. The predicted molar refractivity (Wildman–Crippen MR) is 124 cm³/mol. The molecule has 0 saturated heterocycles. The van der Waals surface area contributed by atoms with Gasteiger partial charge in [0.25, 0.3) is 0 Å². The van der Waals surface area contributed by atoms with E-state index in [1.54, 1.807) is 0 Å². The van der Waals surface area contributed by atoms with E-state index in [9.17, 15) is 5.11 Å². The van der Waals surface area contributed by atoms with Gasteiger partial charge in [-0.15, -0.1) is 0 Å². The molecule has 0 radical (unpaired) electrons. The van der Waals surface area contributed by atoms with Crippen LogP contribution in [0.4, 0.5) is 0 Å². The second-order valence-electron chi connectivity index (χ2n) is 12.7. The minimum Gasteiger partial charge on any atom is -0.393 e. The average molecular weight is 401 g/mol. The summed E-state index contributed by atoms with van der Waals surface area (Å²) in [6.07, 6.45) is 17.1. The topological polar surface area (TPSA) is 20.2 Å². The maximum atomic E-state index is 10.3. The van der Waals surface area contributed by atoms with Crippen molar-refractivity contribution < 1.29 is 5.11 Å². The first kappa shape index (κ1) is 21.9. The van der Waals surface area contributed by atoms with Gasteiger partial charge in [-0.1, -0.05) is 53.7 Å². The Hall–Kier alpha value is -0.300. The van der Waals surface area contributed by atoms with Crippen molar-refractivity contribution in [3.63, 3.8) is 0 Å². The van der Waals surface area contributed by atoms with Gasteiger partial charge >= 0.3 is 0 Å². The molecule has 0 unspecified atom stereocenters. The third-order valence-corrected chi connectivity index (χ3v) is 11.1. The molecule has 1 nitrogen and oxygen atoms in total. The van der Waals surface area contributed by atoms with Crippen LogP contribution in [-0.4, -0.2) is 11.2 Å². The van der Waals surface area contributed by atoms with Crippen LogP contribution in [0.3, 0.4) is 0 Å². The molecule has 0 bridgehead atoms. The fraction of sp³-hybridized carbons (Fsp3) is 0.929. The molecule has 10 atom stereocenters. The molecule has 0 aromatic heterocycles. The maximum Gasteiger partial charge on any atom is 0.0543 e. The number of allylic oxidation sites excluding steroid dienone is 2. The van der Waals surface area contributed by atoms with Crippen molar-refractivity contribution in [1.29, 1.82) is 0 Å². The molecule has 0 aliphatic heterocycles. The predicted octanol–water partition coefficient (Wildman–Crippen LogP) is 7.49. The summed E-state index contributed by atoms with van der Waals surface area (Å²) in [7, 11) is 0. The zero-order chi connectivity index (χ0) is 21.0. The minimum atomic E-state index is -0.0183. The van der Waals surface area contributed by atoms with Gasteiger partial charge in [0, 0.05) is 0 Å². The van der Waals surface area contributed by atoms with Crippen molar-refractivity contribution >= 4 is 0 Å². The number of hydrogen-bond donors (Lipinski definition) is 1. The van der Waals surface area contributed by atoms with Gasteiger partial charge in [-0.25, -0.2) is 0 Å². The smallest absolute Gasteiger partial charge is 0.0543 e. The Morgan fingerprint density at radius 3 is 2.21 bits per heavy atom. The van der Waals surface area contributed by atoms with Gasteiger partial charge in [0.05, 0.1) is 6.10 Å². The van der Waals surface area contributed by atoms with E-state index in [2.05, 4.69) is 53.7 Å². The molecule has 29 heavy (non-hydrogen) atoms. The third kappa shape index (κ3) is 3.66. The maximum absolute atomic E-state index is 10.3. The normalized spacial score (nSPS) is 49.5. The Morgan fingerprint density at radius 2 is 1.48 bits per heavy atom. The molecule has 0 amide bonds. The van der Waals surface area contributed by atoms with E-state index in [-0.39, 0.29) is 6.10 Å². The number of hydrogen-bond acceptors (Lipinski definition) is 1.